The van der Waals surface area contributed by atoms with E-state index in [1.165, 1.54) is 0 Å². The van der Waals surface area contributed by atoms with Crippen LogP contribution in [0.3, 0.4) is 0 Å². The van der Waals surface area contributed by atoms with Crippen molar-refractivity contribution >= 4 is 17.2 Å². The third kappa shape index (κ3) is 3.61. The molecule has 0 aliphatic rings. The number of hydrogen-bond donors (Lipinski definition) is 1. The first-order valence-corrected chi connectivity index (χ1v) is 7.37. The van der Waals surface area contributed by atoms with Crippen LogP contribution < -0.4 is 10.5 Å². The highest BCUT2D eigenvalue weighted by atomic mass is 32.1. The van der Waals surface area contributed by atoms with Gasteiger partial charge in [0.15, 0.2) is 0 Å². The molecule has 2 aromatic rings. The lowest BCUT2D eigenvalue weighted by Gasteiger charge is -2.23. The minimum absolute atomic E-state index is 0.00464. The number of aryl methyl sites for hydroxylation is 1. The topological polar surface area (TPSA) is 35.2 Å². The molecular formula is C18H21NOS. The summed E-state index contributed by atoms with van der Waals surface area (Å²) in [7, 11) is 0. The van der Waals surface area contributed by atoms with Gasteiger partial charge in [0.25, 0.3) is 0 Å². The van der Waals surface area contributed by atoms with Crippen molar-refractivity contribution in [1.82, 2.24) is 0 Å². The van der Waals surface area contributed by atoms with Crippen molar-refractivity contribution < 1.29 is 4.74 Å². The van der Waals surface area contributed by atoms with Crippen LogP contribution in [0, 0.1) is 6.92 Å². The third-order valence-electron chi connectivity index (χ3n) is 3.32. The monoisotopic (exact) mass is 299 g/mol. The lowest BCUT2D eigenvalue weighted by molar-refractivity contribution is 0.454. The van der Waals surface area contributed by atoms with Crippen LogP contribution in [0.5, 0.6) is 11.5 Å². The van der Waals surface area contributed by atoms with Crippen LogP contribution in [0.4, 0.5) is 0 Å². The van der Waals surface area contributed by atoms with E-state index in [0.29, 0.717) is 10.7 Å². The van der Waals surface area contributed by atoms with E-state index in [2.05, 4.69) is 26.8 Å². The minimum atomic E-state index is 0.00464. The SMILES string of the molecule is Cc1ccc(Oc2ccccc2C(C)(C)C)c(C(N)=S)c1. The van der Waals surface area contributed by atoms with E-state index in [-0.39, 0.29) is 5.41 Å². The van der Waals surface area contributed by atoms with E-state index in [1.54, 1.807) is 0 Å². The van der Waals surface area contributed by atoms with Gasteiger partial charge in [-0.05, 0) is 30.5 Å². The molecule has 21 heavy (non-hydrogen) atoms. The summed E-state index contributed by atoms with van der Waals surface area (Å²) in [5, 5.41) is 0. The molecule has 2 N–H and O–H groups in total. The van der Waals surface area contributed by atoms with Crippen LogP contribution in [0.2, 0.25) is 0 Å². The van der Waals surface area contributed by atoms with E-state index in [1.807, 2.05) is 43.3 Å². The van der Waals surface area contributed by atoms with Gasteiger partial charge >= 0.3 is 0 Å². The second-order valence-corrected chi connectivity index (χ2v) is 6.65. The maximum atomic E-state index is 6.12. The molecule has 0 saturated carbocycles. The quantitative estimate of drug-likeness (QED) is 0.833. The van der Waals surface area contributed by atoms with Gasteiger partial charge in [0.1, 0.15) is 16.5 Å². The van der Waals surface area contributed by atoms with Gasteiger partial charge < -0.3 is 10.5 Å². The van der Waals surface area contributed by atoms with Crippen LogP contribution in [0.25, 0.3) is 0 Å². The molecule has 110 valence electrons. The van der Waals surface area contributed by atoms with Crippen LogP contribution >= 0.6 is 12.2 Å². The Labute approximate surface area is 131 Å². The van der Waals surface area contributed by atoms with Crippen LogP contribution in [0.1, 0.15) is 37.5 Å². The molecule has 0 amide bonds. The fraction of sp³-hybridized carbons (Fsp3) is 0.278. The van der Waals surface area contributed by atoms with Gasteiger partial charge in [-0.15, -0.1) is 0 Å². The predicted molar refractivity (Wildman–Crippen MR) is 92.3 cm³/mol. The molecule has 2 nitrogen and oxygen atoms in total. The number of rotatable bonds is 3. The van der Waals surface area contributed by atoms with Gasteiger partial charge in [0.05, 0.1) is 5.56 Å². The molecule has 0 bridgehead atoms. The fourth-order valence-electron chi connectivity index (χ4n) is 2.22. The second-order valence-electron chi connectivity index (χ2n) is 6.21. The molecule has 0 unspecified atom stereocenters. The lowest BCUT2D eigenvalue weighted by atomic mass is 9.86. The van der Waals surface area contributed by atoms with E-state index >= 15 is 0 Å². The predicted octanol–water partition coefficient (Wildman–Crippen LogP) is 4.72. The van der Waals surface area contributed by atoms with Crippen molar-refractivity contribution in [2.24, 2.45) is 5.73 Å². The first-order valence-electron chi connectivity index (χ1n) is 6.97. The average molecular weight is 299 g/mol. The number of nitrogens with two attached hydrogens (primary N) is 1. The normalized spacial score (nSPS) is 11.2. The van der Waals surface area contributed by atoms with E-state index < -0.39 is 0 Å². The first-order chi connectivity index (χ1) is 9.79. The van der Waals surface area contributed by atoms with Crippen LogP contribution in [-0.4, -0.2) is 4.99 Å². The van der Waals surface area contributed by atoms with Crippen molar-refractivity contribution in [3.8, 4) is 11.5 Å². The highest BCUT2D eigenvalue weighted by Crippen LogP contribution is 2.35. The Balaban J connectivity index is 2.47. The summed E-state index contributed by atoms with van der Waals surface area (Å²) in [6, 6.07) is 13.9. The van der Waals surface area contributed by atoms with Crippen molar-refractivity contribution in [2.45, 2.75) is 33.1 Å². The highest BCUT2D eigenvalue weighted by Gasteiger charge is 2.19. The fourth-order valence-corrected chi connectivity index (χ4v) is 2.38. The maximum absolute atomic E-state index is 6.12. The van der Waals surface area contributed by atoms with E-state index in [9.17, 15) is 0 Å². The second kappa shape index (κ2) is 5.86. The molecule has 0 aliphatic heterocycles. The van der Waals surface area contributed by atoms with Crippen molar-refractivity contribution in [1.29, 1.82) is 0 Å². The Hall–Kier alpha value is -1.87. The van der Waals surface area contributed by atoms with Gasteiger partial charge in [-0.25, -0.2) is 0 Å². The summed E-state index contributed by atoms with van der Waals surface area (Å²) in [6.07, 6.45) is 0. The molecular weight excluding hydrogens is 278 g/mol. The Morgan fingerprint density at radius 2 is 1.71 bits per heavy atom. The van der Waals surface area contributed by atoms with Crippen LogP contribution in [-0.2, 0) is 5.41 Å². The Morgan fingerprint density at radius 1 is 1.05 bits per heavy atom. The summed E-state index contributed by atoms with van der Waals surface area (Å²) in [5.41, 5.74) is 8.85. The van der Waals surface area contributed by atoms with Gasteiger partial charge in [-0.1, -0.05) is 62.8 Å². The Bertz CT molecular complexity index is 671. The summed E-state index contributed by atoms with van der Waals surface area (Å²) in [6.45, 7) is 8.51. The molecule has 0 atom stereocenters. The molecule has 0 fully saturated rings. The summed E-state index contributed by atoms with van der Waals surface area (Å²) in [5.74, 6) is 1.54. The Kier molecular flexibility index (Phi) is 4.33. The summed E-state index contributed by atoms with van der Waals surface area (Å²) in [4.78, 5) is 0.349. The van der Waals surface area contributed by atoms with E-state index in [0.717, 1.165) is 22.4 Å². The zero-order chi connectivity index (χ0) is 15.6. The zero-order valence-corrected chi connectivity index (χ0v) is 13.8. The summed E-state index contributed by atoms with van der Waals surface area (Å²) >= 11 is 5.13. The minimum Gasteiger partial charge on any atom is -0.456 e. The van der Waals surface area contributed by atoms with Gasteiger partial charge in [-0.2, -0.15) is 0 Å². The van der Waals surface area contributed by atoms with Crippen molar-refractivity contribution in [3.05, 3.63) is 59.2 Å². The first kappa shape index (κ1) is 15.5. The molecule has 0 radical (unpaired) electrons. The van der Waals surface area contributed by atoms with Gasteiger partial charge in [-0.3, -0.25) is 0 Å². The molecule has 3 heteroatoms. The Morgan fingerprint density at radius 3 is 2.33 bits per heavy atom. The third-order valence-corrected chi connectivity index (χ3v) is 3.54. The van der Waals surface area contributed by atoms with Crippen molar-refractivity contribution in [2.75, 3.05) is 0 Å². The lowest BCUT2D eigenvalue weighted by Crippen LogP contribution is -2.14. The standard InChI is InChI=1S/C18H21NOS/c1-12-9-10-15(13(11-12)17(19)21)20-16-8-6-5-7-14(16)18(2,3)4/h5-11H,1-4H3,(H2,19,21). The highest BCUT2D eigenvalue weighted by molar-refractivity contribution is 7.80. The van der Waals surface area contributed by atoms with Crippen LogP contribution in [0.15, 0.2) is 42.5 Å². The average Bonchev–Trinajstić information content (AvgIpc) is 2.40. The number of thiocarbonyl (C=S) groups is 1. The molecule has 0 aliphatic carbocycles. The smallest absolute Gasteiger partial charge is 0.137 e. The number of hydrogen-bond acceptors (Lipinski definition) is 2. The van der Waals surface area contributed by atoms with E-state index in [4.69, 9.17) is 22.7 Å². The molecule has 2 rings (SSSR count). The maximum Gasteiger partial charge on any atom is 0.137 e. The van der Waals surface area contributed by atoms with Gasteiger partial charge in [0, 0.05) is 5.56 Å². The van der Waals surface area contributed by atoms with Gasteiger partial charge in [0.2, 0.25) is 0 Å². The largest absolute Gasteiger partial charge is 0.456 e. The molecule has 0 aromatic heterocycles. The molecule has 0 saturated heterocycles. The van der Waals surface area contributed by atoms with Crippen molar-refractivity contribution in [3.63, 3.8) is 0 Å². The summed E-state index contributed by atoms with van der Waals surface area (Å²) < 4.78 is 6.12. The zero-order valence-electron chi connectivity index (χ0n) is 12.9. The molecule has 2 aromatic carbocycles. The number of benzene rings is 2. The molecule has 0 spiro atoms. The number of para-hydroxylation sites is 1. The molecule has 0 heterocycles. The number of ether oxygens (including phenoxy) is 1.